The van der Waals surface area contributed by atoms with Crippen molar-refractivity contribution in [1.29, 1.82) is 0 Å². The molecule has 0 bridgehead atoms. The molecule has 3 rings (SSSR count). The zero-order valence-corrected chi connectivity index (χ0v) is 13.4. The lowest BCUT2D eigenvalue weighted by Crippen LogP contribution is -2.24. The second kappa shape index (κ2) is 7.90. The van der Waals surface area contributed by atoms with Gasteiger partial charge in [-0.15, -0.1) is 0 Å². The van der Waals surface area contributed by atoms with Crippen molar-refractivity contribution < 1.29 is 14.3 Å². The van der Waals surface area contributed by atoms with Gasteiger partial charge in [-0.3, -0.25) is 9.69 Å². The Morgan fingerprint density at radius 3 is 3.00 bits per heavy atom. The van der Waals surface area contributed by atoms with E-state index in [1.54, 1.807) is 0 Å². The summed E-state index contributed by atoms with van der Waals surface area (Å²) >= 11 is 0. The first-order valence-electron chi connectivity index (χ1n) is 8.05. The molecule has 0 unspecified atom stereocenters. The van der Waals surface area contributed by atoms with Gasteiger partial charge in [0.25, 0.3) is 5.91 Å². The van der Waals surface area contributed by atoms with Crippen LogP contribution in [0, 0.1) is 0 Å². The Hall–Kier alpha value is -2.44. The molecule has 0 aliphatic carbocycles. The van der Waals surface area contributed by atoms with Crippen LogP contribution in [-0.4, -0.2) is 46.6 Å². The standard InChI is InChI=1S/C18H21N3O3/c22-15-8-10-21(11-15)12-17-20-16(13-24-17)18(23)19-9-4-7-14-5-2-1-3-6-14/h1-7,13,15,22H,8-12H2,(H,19,23)/b7-4+/t15-/m0/s1. The monoisotopic (exact) mass is 327 g/mol. The molecule has 1 fully saturated rings. The lowest BCUT2D eigenvalue weighted by molar-refractivity contribution is 0.0953. The summed E-state index contributed by atoms with van der Waals surface area (Å²) in [7, 11) is 0. The van der Waals surface area contributed by atoms with Gasteiger partial charge in [-0.2, -0.15) is 0 Å². The first kappa shape index (κ1) is 16.4. The van der Waals surface area contributed by atoms with Crippen molar-refractivity contribution in [2.24, 2.45) is 0 Å². The van der Waals surface area contributed by atoms with Crippen molar-refractivity contribution >= 4 is 12.0 Å². The van der Waals surface area contributed by atoms with E-state index >= 15 is 0 Å². The van der Waals surface area contributed by atoms with Crippen molar-refractivity contribution in [2.75, 3.05) is 19.6 Å². The summed E-state index contributed by atoms with van der Waals surface area (Å²) in [4.78, 5) is 18.3. The van der Waals surface area contributed by atoms with Gasteiger partial charge in [0.2, 0.25) is 5.89 Å². The molecule has 1 aromatic heterocycles. The number of aliphatic hydroxyl groups excluding tert-OH is 1. The van der Waals surface area contributed by atoms with E-state index in [2.05, 4.69) is 15.2 Å². The highest BCUT2D eigenvalue weighted by Gasteiger charge is 2.22. The van der Waals surface area contributed by atoms with Crippen LogP contribution in [0.3, 0.4) is 0 Å². The van der Waals surface area contributed by atoms with Crippen LogP contribution in [-0.2, 0) is 6.54 Å². The van der Waals surface area contributed by atoms with Crippen LogP contribution in [0.4, 0.5) is 0 Å². The highest BCUT2D eigenvalue weighted by atomic mass is 16.3. The molecule has 126 valence electrons. The molecular weight excluding hydrogens is 306 g/mol. The maximum Gasteiger partial charge on any atom is 0.273 e. The van der Waals surface area contributed by atoms with Gasteiger partial charge in [-0.1, -0.05) is 42.5 Å². The average molecular weight is 327 g/mol. The number of aromatic nitrogens is 1. The number of hydrogen-bond donors (Lipinski definition) is 2. The molecule has 1 amide bonds. The normalized spacial score (nSPS) is 18.3. The van der Waals surface area contributed by atoms with E-state index < -0.39 is 0 Å². The fourth-order valence-electron chi connectivity index (χ4n) is 2.64. The third-order valence-corrected chi connectivity index (χ3v) is 3.88. The number of nitrogens with zero attached hydrogens (tertiary/aromatic N) is 2. The summed E-state index contributed by atoms with van der Waals surface area (Å²) in [6, 6.07) is 9.89. The number of rotatable bonds is 6. The van der Waals surface area contributed by atoms with Crippen LogP contribution in [0.1, 0.15) is 28.4 Å². The zero-order valence-electron chi connectivity index (χ0n) is 13.4. The SMILES string of the molecule is O=C(NC/C=C/c1ccccc1)c1coc(CN2CC[C@H](O)C2)n1. The number of carbonyl (C=O) groups is 1. The number of amides is 1. The van der Waals surface area contributed by atoms with Crippen molar-refractivity contribution in [3.8, 4) is 0 Å². The van der Waals surface area contributed by atoms with E-state index in [1.165, 1.54) is 6.26 Å². The molecule has 2 heterocycles. The van der Waals surface area contributed by atoms with Gasteiger partial charge in [0.15, 0.2) is 5.69 Å². The second-order valence-electron chi connectivity index (χ2n) is 5.83. The van der Waals surface area contributed by atoms with Gasteiger partial charge in [0, 0.05) is 19.6 Å². The molecule has 1 saturated heterocycles. The van der Waals surface area contributed by atoms with Crippen molar-refractivity contribution in [3.63, 3.8) is 0 Å². The minimum Gasteiger partial charge on any atom is -0.447 e. The fraction of sp³-hybridized carbons (Fsp3) is 0.333. The number of carbonyl (C=O) groups excluding carboxylic acids is 1. The third kappa shape index (κ3) is 4.53. The largest absolute Gasteiger partial charge is 0.447 e. The lowest BCUT2D eigenvalue weighted by atomic mass is 10.2. The molecule has 1 aromatic carbocycles. The predicted molar refractivity (Wildman–Crippen MR) is 90.2 cm³/mol. The summed E-state index contributed by atoms with van der Waals surface area (Å²) in [6.07, 6.45) is 5.70. The Labute approximate surface area is 140 Å². The Morgan fingerprint density at radius 1 is 1.42 bits per heavy atom. The van der Waals surface area contributed by atoms with E-state index in [4.69, 9.17) is 4.42 Å². The molecule has 6 nitrogen and oxygen atoms in total. The predicted octanol–water partition coefficient (Wildman–Crippen LogP) is 1.68. The maximum atomic E-state index is 12.0. The first-order valence-corrected chi connectivity index (χ1v) is 8.05. The topological polar surface area (TPSA) is 78.6 Å². The van der Waals surface area contributed by atoms with E-state index in [-0.39, 0.29) is 17.7 Å². The fourth-order valence-corrected chi connectivity index (χ4v) is 2.64. The zero-order chi connectivity index (χ0) is 16.8. The smallest absolute Gasteiger partial charge is 0.273 e. The molecule has 24 heavy (non-hydrogen) atoms. The Morgan fingerprint density at radius 2 is 2.25 bits per heavy atom. The molecule has 2 N–H and O–H groups in total. The summed E-state index contributed by atoms with van der Waals surface area (Å²) in [6.45, 7) is 2.37. The van der Waals surface area contributed by atoms with Crippen molar-refractivity contribution in [2.45, 2.75) is 19.1 Å². The van der Waals surface area contributed by atoms with Crippen LogP contribution in [0.15, 0.2) is 47.1 Å². The quantitative estimate of drug-likeness (QED) is 0.844. The molecular formula is C18H21N3O3. The molecule has 0 spiro atoms. The average Bonchev–Trinajstić information content (AvgIpc) is 3.22. The number of nitrogens with one attached hydrogen (secondary N) is 1. The van der Waals surface area contributed by atoms with Crippen LogP contribution in [0.2, 0.25) is 0 Å². The summed E-state index contributed by atoms with van der Waals surface area (Å²) in [5.74, 6) is 0.234. The number of aliphatic hydroxyl groups is 1. The summed E-state index contributed by atoms with van der Waals surface area (Å²) < 4.78 is 5.35. The molecule has 1 aliphatic rings. The Bertz CT molecular complexity index is 697. The van der Waals surface area contributed by atoms with Crippen LogP contribution < -0.4 is 5.32 Å². The molecule has 1 aliphatic heterocycles. The van der Waals surface area contributed by atoms with E-state index in [0.717, 1.165) is 18.5 Å². The molecule has 6 heteroatoms. The van der Waals surface area contributed by atoms with Crippen molar-refractivity contribution in [3.05, 3.63) is 59.8 Å². The second-order valence-corrected chi connectivity index (χ2v) is 5.83. The Balaban J connectivity index is 1.46. The van der Waals surface area contributed by atoms with Gasteiger partial charge < -0.3 is 14.8 Å². The van der Waals surface area contributed by atoms with E-state index in [1.807, 2.05) is 42.5 Å². The van der Waals surface area contributed by atoms with Crippen LogP contribution in [0.25, 0.3) is 6.08 Å². The summed E-state index contributed by atoms with van der Waals surface area (Å²) in [5.41, 5.74) is 1.36. The third-order valence-electron chi connectivity index (χ3n) is 3.88. The van der Waals surface area contributed by atoms with E-state index in [9.17, 15) is 9.90 Å². The Kier molecular flexibility index (Phi) is 5.40. The number of hydrogen-bond acceptors (Lipinski definition) is 5. The minimum absolute atomic E-state index is 0.260. The lowest BCUT2D eigenvalue weighted by Gasteiger charge is -2.11. The van der Waals surface area contributed by atoms with Crippen molar-refractivity contribution in [1.82, 2.24) is 15.2 Å². The highest BCUT2D eigenvalue weighted by Crippen LogP contribution is 2.13. The molecule has 0 saturated carbocycles. The van der Waals surface area contributed by atoms with Crippen LogP contribution >= 0.6 is 0 Å². The van der Waals surface area contributed by atoms with Gasteiger partial charge >= 0.3 is 0 Å². The highest BCUT2D eigenvalue weighted by molar-refractivity contribution is 5.92. The number of oxazole rings is 1. The minimum atomic E-state index is -0.279. The number of benzene rings is 1. The summed E-state index contributed by atoms with van der Waals surface area (Å²) in [5, 5.41) is 12.3. The van der Waals surface area contributed by atoms with Gasteiger partial charge in [-0.25, -0.2) is 4.98 Å². The number of likely N-dealkylation sites (tertiary alicyclic amines) is 1. The van der Waals surface area contributed by atoms with Crippen LogP contribution in [0.5, 0.6) is 0 Å². The molecule has 2 aromatic rings. The van der Waals surface area contributed by atoms with Gasteiger partial charge in [0.1, 0.15) is 6.26 Å². The molecule has 0 radical (unpaired) electrons. The number of β-amino-alcohol motifs (C(OH)–C–C–N with tert-alkyl or cyclic N) is 1. The molecule has 1 atom stereocenters. The van der Waals surface area contributed by atoms with Gasteiger partial charge in [-0.05, 0) is 12.0 Å². The first-order chi connectivity index (χ1) is 11.7. The van der Waals surface area contributed by atoms with Gasteiger partial charge in [0.05, 0.1) is 12.6 Å². The van der Waals surface area contributed by atoms with E-state index in [0.29, 0.717) is 25.5 Å². The maximum absolute atomic E-state index is 12.0.